The van der Waals surface area contributed by atoms with E-state index in [2.05, 4.69) is 47.1 Å². The summed E-state index contributed by atoms with van der Waals surface area (Å²) in [6.07, 6.45) is 5.75. The molecule has 96 valence electrons. The van der Waals surface area contributed by atoms with Crippen LogP contribution in [0.2, 0.25) is 0 Å². The molecule has 1 fully saturated rings. The second-order valence-electron chi connectivity index (χ2n) is 5.03. The van der Waals surface area contributed by atoms with Crippen LogP contribution in [0, 0.1) is 5.92 Å². The summed E-state index contributed by atoms with van der Waals surface area (Å²) in [5.41, 5.74) is 1.40. The van der Waals surface area contributed by atoms with E-state index in [1.165, 1.54) is 31.6 Å². The topological polar surface area (TPSA) is 20.2 Å². The molecular weight excluding hydrogens is 210 g/mol. The van der Waals surface area contributed by atoms with Crippen LogP contribution in [0.25, 0.3) is 0 Å². The Hall–Kier alpha value is -0.800. The van der Waals surface area contributed by atoms with Crippen LogP contribution in [-0.2, 0) is 13.1 Å². The van der Waals surface area contributed by atoms with Gasteiger partial charge in [-0.2, -0.15) is 0 Å². The highest BCUT2D eigenvalue weighted by molar-refractivity contribution is 5.09. The summed E-state index contributed by atoms with van der Waals surface area (Å²) in [5.74, 6) is 0.850. The molecule has 1 aliphatic rings. The number of rotatable bonds is 6. The lowest BCUT2D eigenvalue weighted by Crippen LogP contribution is -2.26. The molecule has 1 unspecified atom stereocenters. The van der Waals surface area contributed by atoms with Gasteiger partial charge in [0.1, 0.15) is 0 Å². The van der Waals surface area contributed by atoms with E-state index in [4.69, 9.17) is 0 Å². The Labute approximate surface area is 105 Å². The lowest BCUT2D eigenvalue weighted by Gasteiger charge is -2.13. The summed E-state index contributed by atoms with van der Waals surface area (Å²) in [5, 5.41) is 3.59. The average Bonchev–Trinajstić information content (AvgIpc) is 2.97. The number of aryl methyl sites for hydroxylation is 1. The zero-order valence-electron chi connectivity index (χ0n) is 11.2. The fourth-order valence-corrected chi connectivity index (χ4v) is 2.58. The first-order valence-electron chi connectivity index (χ1n) is 6.89. The molecule has 1 aromatic rings. The zero-order chi connectivity index (χ0) is 12.1. The third kappa shape index (κ3) is 3.58. The number of likely N-dealkylation sites (tertiary alicyclic amines) is 1. The maximum absolute atomic E-state index is 3.59. The molecule has 1 N–H and O–H groups in total. The molecule has 0 saturated carbocycles. The Morgan fingerprint density at radius 2 is 2.24 bits per heavy atom. The summed E-state index contributed by atoms with van der Waals surface area (Å²) in [4.78, 5) is 2.54. The highest BCUT2D eigenvalue weighted by Gasteiger charge is 2.20. The standard InChI is InChI=1S/C14H25N3/c1-3-16-7-5-13(11-16)9-15-10-14-6-8-17(4-2)12-14/h5,7,11,14-15H,3-4,6,8-10,12H2,1-2H3. The maximum atomic E-state index is 3.59. The van der Waals surface area contributed by atoms with Gasteiger partial charge in [-0.25, -0.2) is 0 Å². The van der Waals surface area contributed by atoms with E-state index < -0.39 is 0 Å². The Morgan fingerprint density at radius 3 is 2.88 bits per heavy atom. The van der Waals surface area contributed by atoms with Gasteiger partial charge in [-0.05, 0) is 50.5 Å². The zero-order valence-corrected chi connectivity index (χ0v) is 11.2. The Kier molecular flexibility index (Phi) is 4.63. The molecule has 3 heteroatoms. The molecule has 0 aromatic carbocycles. The van der Waals surface area contributed by atoms with Gasteiger partial charge in [-0.3, -0.25) is 0 Å². The number of nitrogens with one attached hydrogen (secondary N) is 1. The fourth-order valence-electron chi connectivity index (χ4n) is 2.58. The van der Waals surface area contributed by atoms with Crippen LogP contribution < -0.4 is 5.32 Å². The van der Waals surface area contributed by atoms with E-state index in [0.29, 0.717) is 0 Å². The quantitative estimate of drug-likeness (QED) is 0.813. The van der Waals surface area contributed by atoms with Crippen LogP contribution in [-0.4, -0.2) is 35.6 Å². The molecule has 0 aliphatic carbocycles. The number of nitrogens with zero attached hydrogens (tertiary/aromatic N) is 2. The minimum atomic E-state index is 0.850. The minimum absolute atomic E-state index is 0.850. The van der Waals surface area contributed by atoms with Crippen molar-refractivity contribution in [3.05, 3.63) is 24.0 Å². The predicted molar refractivity (Wildman–Crippen MR) is 72.0 cm³/mol. The van der Waals surface area contributed by atoms with Gasteiger partial charge in [0.15, 0.2) is 0 Å². The molecule has 0 radical (unpaired) electrons. The summed E-state index contributed by atoms with van der Waals surface area (Å²) in [7, 11) is 0. The summed E-state index contributed by atoms with van der Waals surface area (Å²) in [6.45, 7) is 11.4. The van der Waals surface area contributed by atoms with E-state index in [1.807, 2.05) is 0 Å². The average molecular weight is 235 g/mol. The fraction of sp³-hybridized carbons (Fsp3) is 0.714. The SMILES string of the molecule is CCN1CCC(CNCc2ccn(CC)c2)C1. The third-order valence-corrected chi connectivity index (χ3v) is 3.76. The third-order valence-electron chi connectivity index (χ3n) is 3.76. The van der Waals surface area contributed by atoms with Crippen LogP contribution >= 0.6 is 0 Å². The van der Waals surface area contributed by atoms with Crippen molar-refractivity contribution in [1.82, 2.24) is 14.8 Å². The van der Waals surface area contributed by atoms with E-state index in [1.54, 1.807) is 0 Å². The minimum Gasteiger partial charge on any atom is -0.354 e. The second-order valence-corrected chi connectivity index (χ2v) is 5.03. The molecule has 0 amide bonds. The first-order valence-corrected chi connectivity index (χ1v) is 6.89. The van der Waals surface area contributed by atoms with Crippen molar-refractivity contribution in [2.45, 2.75) is 33.4 Å². The van der Waals surface area contributed by atoms with Crippen molar-refractivity contribution in [3.63, 3.8) is 0 Å². The van der Waals surface area contributed by atoms with Crippen LogP contribution in [0.1, 0.15) is 25.8 Å². The van der Waals surface area contributed by atoms with E-state index in [0.717, 1.165) is 25.6 Å². The summed E-state index contributed by atoms with van der Waals surface area (Å²) >= 11 is 0. The van der Waals surface area contributed by atoms with Crippen molar-refractivity contribution in [2.75, 3.05) is 26.2 Å². The van der Waals surface area contributed by atoms with Gasteiger partial charge in [-0.1, -0.05) is 6.92 Å². The molecular formula is C14H25N3. The van der Waals surface area contributed by atoms with Gasteiger partial charge in [0.05, 0.1) is 0 Å². The largest absolute Gasteiger partial charge is 0.354 e. The van der Waals surface area contributed by atoms with Gasteiger partial charge in [0, 0.05) is 32.0 Å². The van der Waals surface area contributed by atoms with Crippen molar-refractivity contribution >= 4 is 0 Å². The normalized spacial score (nSPS) is 21.2. The lowest BCUT2D eigenvalue weighted by molar-refractivity contribution is 0.339. The molecule has 1 atom stereocenters. The predicted octanol–water partition coefficient (Wildman–Crippen LogP) is 1.94. The second kappa shape index (κ2) is 6.22. The summed E-state index contributed by atoms with van der Waals surface area (Å²) in [6, 6.07) is 2.21. The van der Waals surface area contributed by atoms with Crippen LogP contribution in [0.4, 0.5) is 0 Å². The van der Waals surface area contributed by atoms with Crippen LogP contribution in [0.5, 0.6) is 0 Å². The van der Waals surface area contributed by atoms with Gasteiger partial charge < -0.3 is 14.8 Å². The van der Waals surface area contributed by atoms with Crippen LogP contribution in [0.3, 0.4) is 0 Å². The van der Waals surface area contributed by atoms with Gasteiger partial charge in [-0.15, -0.1) is 0 Å². The first-order chi connectivity index (χ1) is 8.31. The molecule has 17 heavy (non-hydrogen) atoms. The molecule has 2 rings (SSSR count). The highest BCUT2D eigenvalue weighted by atomic mass is 15.1. The Morgan fingerprint density at radius 1 is 1.35 bits per heavy atom. The van der Waals surface area contributed by atoms with Crippen molar-refractivity contribution < 1.29 is 0 Å². The number of hydrogen-bond donors (Lipinski definition) is 1. The van der Waals surface area contributed by atoms with E-state index in [-0.39, 0.29) is 0 Å². The van der Waals surface area contributed by atoms with E-state index in [9.17, 15) is 0 Å². The summed E-state index contributed by atoms with van der Waals surface area (Å²) < 4.78 is 2.23. The molecule has 1 aromatic heterocycles. The molecule has 1 saturated heterocycles. The van der Waals surface area contributed by atoms with E-state index >= 15 is 0 Å². The molecule has 0 spiro atoms. The number of aromatic nitrogens is 1. The molecule has 1 aliphatic heterocycles. The smallest absolute Gasteiger partial charge is 0.0220 e. The maximum Gasteiger partial charge on any atom is 0.0220 e. The molecule has 0 bridgehead atoms. The first kappa shape index (κ1) is 12.7. The Bertz CT molecular complexity index is 332. The molecule has 3 nitrogen and oxygen atoms in total. The van der Waals surface area contributed by atoms with Gasteiger partial charge in [0.25, 0.3) is 0 Å². The number of hydrogen-bond acceptors (Lipinski definition) is 2. The monoisotopic (exact) mass is 235 g/mol. The van der Waals surface area contributed by atoms with Crippen LogP contribution in [0.15, 0.2) is 18.5 Å². The van der Waals surface area contributed by atoms with Gasteiger partial charge in [0.2, 0.25) is 0 Å². The van der Waals surface area contributed by atoms with Crippen molar-refractivity contribution in [2.24, 2.45) is 5.92 Å². The van der Waals surface area contributed by atoms with Gasteiger partial charge >= 0.3 is 0 Å². The van der Waals surface area contributed by atoms with Crippen molar-refractivity contribution in [1.29, 1.82) is 0 Å². The highest BCUT2D eigenvalue weighted by Crippen LogP contribution is 2.14. The molecule has 2 heterocycles. The van der Waals surface area contributed by atoms with Crippen molar-refractivity contribution in [3.8, 4) is 0 Å². The Balaban J connectivity index is 1.66. The lowest BCUT2D eigenvalue weighted by atomic mass is 10.1.